The van der Waals surface area contributed by atoms with Crippen molar-refractivity contribution in [1.82, 2.24) is 0 Å². The Hall–Kier alpha value is -0.300. The fraction of sp³-hybridized carbons (Fsp3) is 0.931. The summed E-state index contributed by atoms with van der Waals surface area (Å²) < 4.78 is 0. The molecule has 0 bridgehead atoms. The van der Waals surface area contributed by atoms with Crippen molar-refractivity contribution in [2.75, 3.05) is 0 Å². The van der Waals surface area contributed by atoms with Crippen LogP contribution in [0, 0.1) is 58.2 Å². The van der Waals surface area contributed by atoms with Gasteiger partial charge in [-0.1, -0.05) is 53.7 Å². The molecule has 30 heavy (non-hydrogen) atoms. The van der Waals surface area contributed by atoms with E-state index in [2.05, 4.69) is 53.7 Å². The van der Waals surface area contributed by atoms with Crippen LogP contribution in [0.2, 0.25) is 0 Å². The highest BCUT2D eigenvalue weighted by Gasteiger charge is 2.60. The summed E-state index contributed by atoms with van der Waals surface area (Å²) in [5.41, 5.74) is 1.07. The topological polar surface area (TPSA) is 20.2 Å². The zero-order valence-corrected chi connectivity index (χ0v) is 20.9. The lowest BCUT2D eigenvalue weighted by molar-refractivity contribution is -0.128. The van der Waals surface area contributed by atoms with Crippen molar-refractivity contribution in [2.45, 2.75) is 112 Å². The molecule has 4 rings (SSSR count). The fourth-order valence-corrected chi connectivity index (χ4v) is 9.42. The molecule has 4 saturated carbocycles. The molecular weight excluding hydrogens is 364 g/mol. The van der Waals surface area contributed by atoms with Crippen LogP contribution in [0.1, 0.15) is 106 Å². The van der Waals surface area contributed by atoms with Crippen molar-refractivity contribution in [1.29, 1.82) is 0 Å². The zero-order chi connectivity index (χ0) is 21.7. The fourth-order valence-electron chi connectivity index (χ4n) is 9.42. The lowest BCUT2D eigenvalue weighted by Crippen LogP contribution is -2.54. The summed E-state index contributed by atoms with van der Waals surface area (Å²) in [6, 6.07) is 0. The normalized spacial score (nSPS) is 48.3. The van der Waals surface area contributed by atoms with Gasteiger partial charge in [0.05, 0.1) is 6.10 Å². The summed E-state index contributed by atoms with van der Waals surface area (Å²) in [5, 5.41) is 10.3. The predicted molar refractivity (Wildman–Crippen MR) is 128 cm³/mol. The summed E-state index contributed by atoms with van der Waals surface area (Å²) in [6.07, 6.45) is 18.5. The van der Waals surface area contributed by atoms with Gasteiger partial charge in [-0.3, -0.25) is 0 Å². The molecule has 4 aliphatic rings. The van der Waals surface area contributed by atoms with Crippen LogP contribution in [0.25, 0.3) is 0 Å². The Bertz CT molecular complexity index is 622. The molecule has 10 atom stereocenters. The first-order valence-corrected chi connectivity index (χ1v) is 13.6. The van der Waals surface area contributed by atoms with E-state index in [0.717, 1.165) is 60.2 Å². The maximum Gasteiger partial charge on any atom is 0.0543 e. The predicted octanol–water partition coefficient (Wildman–Crippen LogP) is 7.88. The van der Waals surface area contributed by atoms with E-state index in [9.17, 15) is 5.11 Å². The number of aliphatic hydroxyl groups is 1. The van der Waals surface area contributed by atoms with Crippen molar-refractivity contribution < 1.29 is 5.11 Å². The van der Waals surface area contributed by atoms with Crippen LogP contribution in [0.5, 0.6) is 0 Å². The average Bonchev–Trinajstić information content (AvgIpc) is 3.06. The molecule has 4 aliphatic carbocycles. The molecule has 4 fully saturated rings. The van der Waals surface area contributed by atoms with Gasteiger partial charge >= 0.3 is 0 Å². The van der Waals surface area contributed by atoms with E-state index in [4.69, 9.17) is 0 Å². The van der Waals surface area contributed by atoms with E-state index in [0.29, 0.717) is 10.8 Å². The van der Waals surface area contributed by atoms with Gasteiger partial charge in [0.1, 0.15) is 0 Å². The second-order valence-corrected chi connectivity index (χ2v) is 12.9. The lowest BCUT2D eigenvalue weighted by Gasteiger charge is -2.61. The third kappa shape index (κ3) is 3.74. The van der Waals surface area contributed by atoms with Gasteiger partial charge in [-0.15, -0.1) is 0 Å². The summed E-state index contributed by atoms with van der Waals surface area (Å²) in [6.45, 7) is 14.9. The largest absolute Gasteiger partial charge is 0.393 e. The molecule has 0 amide bonds. The number of rotatable bonds is 5. The summed E-state index contributed by atoms with van der Waals surface area (Å²) in [5.74, 6) is 6.72. The van der Waals surface area contributed by atoms with Crippen LogP contribution in [-0.4, -0.2) is 11.2 Å². The van der Waals surface area contributed by atoms with Crippen molar-refractivity contribution in [3.05, 3.63) is 12.2 Å². The Morgan fingerprint density at radius 2 is 1.57 bits per heavy atom. The molecule has 1 heteroatoms. The Morgan fingerprint density at radius 3 is 2.27 bits per heavy atom. The third-order valence-corrected chi connectivity index (χ3v) is 11.3. The van der Waals surface area contributed by atoms with Gasteiger partial charge in [-0.2, -0.15) is 0 Å². The highest BCUT2D eigenvalue weighted by molar-refractivity contribution is 5.11. The van der Waals surface area contributed by atoms with Crippen molar-refractivity contribution in [2.24, 2.45) is 58.2 Å². The first-order valence-electron chi connectivity index (χ1n) is 13.6. The maximum absolute atomic E-state index is 10.3. The van der Waals surface area contributed by atoms with Crippen LogP contribution >= 0.6 is 0 Å². The van der Waals surface area contributed by atoms with Gasteiger partial charge in [0.15, 0.2) is 0 Å². The molecule has 7 unspecified atom stereocenters. The summed E-state index contributed by atoms with van der Waals surface area (Å²) in [7, 11) is 0. The van der Waals surface area contributed by atoms with E-state index in [1.165, 1.54) is 51.4 Å². The van der Waals surface area contributed by atoms with E-state index in [1.54, 1.807) is 0 Å². The van der Waals surface area contributed by atoms with Gasteiger partial charge in [-0.25, -0.2) is 0 Å². The molecule has 0 saturated heterocycles. The Labute approximate surface area is 187 Å². The minimum atomic E-state index is -0.0187. The minimum absolute atomic E-state index is 0.0187. The van der Waals surface area contributed by atoms with Crippen molar-refractivity contribution in [3.63, 3.8) is 0 Å². The molecule has 0 aromatic heterocycles. The van der Waals surface area contributed by atoms with Crippen LogP contribution in [0.15, 0.2) is 12.2 Å². The Balaban J connectivity index is 1.49. The van der Waals surface area contributed by atoms with Gasteiger partial charge in [0, 0.05) is 0 Å². The van der Waals surface area contributed by atoms with Crippen LogP contribution < -0.4 is 0 Å². The molecule has 0 aromatic carbocycles. The zero-order valence-electron chi connectivity index (χ0n) is 20.9. The van der Waals surface area contributed by atoms with Gasteiger partial charge in [0.25, 0.3) is 0 Å². The number of hydrogen-bond acceptors (Lipinski definition) is 1. The molecule has 0 heterocycles. The summed E-state index contributed by atoms with van der Waals surface area (Å²) >= 11 is 0. The molecule has 1 nitrogen and oxygen atoms in total. The first-order chi connectivity index (χ1) is 14.2. The molecule has 0 aliphatic heterocycles. The monoisotopic (exact) mass is 414 g/mol. The highest BCUT2D eigenvalue weighted by atomic mass is 16.3. The molecular formula is C29H50O. The molecule has 172 valence electrons. The van der Waals surface area contributed by atoms with E-state index >= 15 is 0 Å². The minimum Gasteiger partial charge on any atom is -0.393 e. The van der Waals surface area contributed by atoms with Crippen molar-refractivity contribution >= 4 is 0 Å². The third-order valence-electron chi connectivity index (χ3n) is 11.3. The van der Waals surface area contributed by atoms with Gasteiger partial charge in [0.2, 0.25) is 0 Å². The summed E-state index contributed by atoms with van der Waals surface area (Å²) in [4.78, 5) is 0. The quantitative estimate of drug-likeness (QED) is 0.454. The number of fused-ring (bicyclic) bond motifs is 5. The standard InChI is InChI=1S/C29H50O/c1-7-21(19(2)3)9-8-20(4)25-12-13-26-24-11-10-22-18-23(30)14-16-28(22,5)27(24)15-17-29(25,26)6/h8-9,19-27,30H,7,10-18H2,1-6H3/b9-8-/t20?,21?,22?,23-,24?,25?,26?,27?,28-,29+/m0/s1. The Kier molecular flexibility index (Phi) is 6.53. The molecule has 0 aromatic rings. The first kappa shape index (κ1) is 22.9. The van der Waals surface area contributed by atoms with Gasteiger partial charge < -0.3 is 5.11 Å². The molecule has 0 radical (unpaired) electrons. The maximum atomic E-state index is 10.3. The van der Waals surface area contributed by atoms with E-state index < -0.39 is 0 Å². The molecule has 1 N–H and O–H groups in total. The van der Waals surface area contributed by atoms with Crippen LogP contribution in [0.4, 0.5) is 0 Å². The Morgan fingerprint density at radius 1 is 0.867 bits per heavy atom. The second-order valence-electron chi connectivity index (χ2n) is 12.9. The number of aliphatic hydroxyl groups excluding tert-OH is 1. The second kappa shape index (κ2) is 8.57. The molecule has 0 spiro atoms. The number of allylic oxidation sites excluding steroid dienone is 2. The van der Waals surface area contributed by atoms with Gasteiger partial charge in [-0.05, 0) is 122 Å². The number of hydrogen-bond donors (Lipinski definition) is 1. The van der Waals surface area contributed by atoms with E-state index in [1.807, 2.05) is 0 Å². The van der Waals surface area contributed by atoms with Crippen LogP contribution in [0.3, 0.4) is 0 Å². The lowest BCUT2D eigenvalue weighted by atomic mass is 9.44. The SMILES string of the molecule is CCC(/C=C\C(C)C1CCC2C3CCC4C[C@@H](O)CC[C@]4(C)C3CC[C@]12C)C(C)C. The van der Waals surface area contributed by atoms with Crippen LogP contribution in [-0.2, 0) is 0 Å². The average molecular weight is 415 g/mol. The van der Waals surface area contributed by atoms with Crippen molar-refractivity contribution in [3.8, 4) is 0 Å². The smallest absolute Gasteiger partial charge is 0.0543 e. The highest BCUT2D eigenvalue weighted by Crippen LogP contribution is 2.68. The van der Waals surface area contributed by atoms with E-state index in [-0.39, 0.29) is 6.10 Å².